The summed E-state index contributed by atoms with van der Waals surface area (Å²) in [5.74, 6) is -0.213. The van der Waals surface area contributed by atoms with E-state index in [2.05, 4.69) is 9.97 Å². The van der Waals surface area contributed by atoms with Gasteiger partial charge in [-0.3, -0.25) is 0 Å². The summed E-state index contributed by atoms with van der Waals surface area (Å²) in [6, 6.07) is 8.47. The maximum Gasteiger partial charge on any atom is 0.126 e. The third-order valence-electron chi connectivity index (χ3n) is 2.32. The van der Waals surface area contributed by atoms with Crippen molar-refractivity contribution in [1.82, 2.24) is 9.97 Å². The monoisotopic (exact) mass is 217 g/mol. The molecule has 0 saturated carbocycles. The van der Waals surface area contributed by atoms with Gasteiger partial charge in [0.1, 0.15) is 12.1 Å². The van der Waals surface area contributed by atoms with Crippen LogP contribution in [-0.2, 0) is 13.0 Å². The van der Waals surface area contributed by atoms with Gasteiger partial charge in [-0.2, -0.15) is 0 Å². The smallest absolute Gasteiger partial charge is 0.126 e. The van der Waals surface area contributed by atoms with E-state index in [1.807, 2.05) is 6.07 Å². The van der Waals surface area contributed by atoms with Crippen molar-refractivity contribution in [3.05, 3.63) is 59.4 Å². The Bertz CT molecular complexity index is 485. The van der Waals surface area contributed by atoms with Gasteiger partial charge in [0.25, 0.3) is 0 Å². The average molecular weight is 217 g/mol. The second kappa shape index (κ2) is 4.81. The zero-order valence-electron chi connectivity index (χ0n) is 8.73. The van der Waals surface area contributed by atoms with Crippen LogP contribution in [0.5, 0.6) is 0 Å². The molecule has 0 aliphatic rings. The van der Waals surface area contributed by atoms with Gasteiger partial charge in [0, 0.05) is 18.7 Å². The predicted octanol–water partition coefficient (Wildman–Crippen LogP) is 1.67. The summed E-state index contributed by atoms with van der Waals surface area (Å²) in [6.07, 6.45) is 1.92. The normalized spacial score (nSPS) is 10.4. The second-order valence-corrected chi connectivity index (χ2v) is 3.47. The van der Waals surface area contributed by atoms with Gasteiger partial charge in [0.15, 0.2) is 0 Å². The van der Waals surface area contributed by atoms with Crippen LogP contribution in [0.25, 0.3) is 0 Å². The average Bonchev–Trinajstić information content (AvgIpc) is 2.32. The van der Waals surface area contributed by atoms with E-state index < -0.39 is 0 Å². The molecule has 0 fully saturated rings. The van der Waals surface area contributed by atoms with Crippen LogP contribution in [0.1, 0.15) is 17.0 Å². The van der Waals surface area contributed by atoms with Crippen LogP contribution in [0, 0.1) is 5.82 Å². The Morgan fingerprint density at radius 3 is 2.62 bits per heavy atom. The molecule has 0 radical (unpaired) electrons. The van der Waals surface area contributed by atoms with Gasteiger partial charge < -0.3 is 5.73 Å². The summed E-state index contributed by atoms with van der Waals surface area (Å²) in [5.41, 5.74) is 7.65. The van der Waals surface area contributed by atoms with Crippen molar-refractivity contribution in [3.8, 4) is 0 Å². The highest BCUT2D eigenvalue weighted by atomic mass is 19.1. The highest BCUT2D eigenvalue weighted by Gasteiger charge is 2.03. The molecular formula is C12H12FN3. The topological polar surface area (TPSA) is 51.8 Å². The van der Waals surface area contributed by atoms with Crippen molar-refractivity contribution in [2.45, 2.75) is 13.0 Å². The number of halogens is 1. The van der Waals surface area contributed by atoms with Crippen molar-refractivity contribution in [2.24, 2.45) is 5.73 Å². The van der Waals surface area contributed by atoms with Crippen LogP contribution in [0.15, 0.2) is 36.7 Å². The highest BCUT2D eigenvalue weighted by Crippen LogP contribution is 2.11. The first-order valence-corrected chi connectivity index (χ1v) is 5.03. The summed E-state index contributed by atoms with van der Waals surface area (Å²) in [4.78, 5) is 8.08. The van der Waals surface area contributed by atoms with Crippen molar-refractivity contribution < 1.29 is 4.39 Å². The third-order valence-corrected chi connectivity index (χ3v) is 2.32. The van der Waals surface area contributed by atoms with Gasteiger partial charge in [-0.25, -0.2) is 14.4 Å². The minimum atomic E-state index is -0.213. The summed E-state index contributed by atoms with van der Waals surface area (Å²) in [7, 11) is 0. The molecule has 0 amide bonds. The Labute approximate surface area is 93.2 Å². The molecule has 0 aliphatic heterocycles. The third kappa shape index (κ3) is 2.41. The Morgan fingerprint density at radius 2 is 1.88 bits per heavy atom. The number of benzene rings is 1. The Morgan fingerprint density at radius 1 is 1.12 bits per heavy atom. The Hall–Kier alpha value is -1.81. The second-order valence-electron chi connectivity index (χ2n) is 3.47. The maximum atomic E-state index is 13.4. The van der Waals surface area contributed by atoms with E-state index in [0.717, 1.165) is 11.4 Å². The van der Waals surface area contributed by atoms with Crippen molar-refractivity contribution in [1.29, 1.82) is 0 Å². The first-order chi connectivity index (χ1) is 7.79. The molecule has 2 N–H and O–H groups in total. The standard InChI is InChI=1S/C12H12FN3/c13-12-4-2-1-3-9(12)5-10-6-11(7-14)16-8-15-10/h1-4,6,8H,5,7,14H2. The Balaban J connectivity index is 2.24. The van der Waals surface area contributed by atoms with E-state index >= 15 is 0 Å². The van der Waals surface area contributed by atoms with E-state index in [4.69, 9.17) is 5.73 Å². The van der Waals surface area contributed by atoms with Gasteiger partial charge in [0.05, 0.1) is 5.69 Å². The minimum Gasteiger partial charge on any atom is -0.325 e. The number of nitrogens with two attached hydrogens (primary N) is 1. The summed E-state index contributed by atoms with van der Waals surface area (Å²) >= 11 is 0. The number of rotatable bonds is 3. The van der Waals surface area contributed by atoms with Gasteiger partial charge in [-0.05, 0) is 17.7 Å². The zero-order chi connectivity index (χ0) is 11.4. The molecule has 0 aliphatic carbocycles. The minimum absolute atomic E-state index is 0.213. The van der Waals surface area contributed by atoms with Crippen LogP contribution in [0.4, 0.5) is 4.39 Å². The lowest BCUT2D eigenvalue weighted by atomic mass is 10.1. The van der Waals surface area contributed by atoms with E-state index in [1.54, 1.807) is 18.2 Å². The van der Waals surface area contributed by atoms with Gasteiger partial charge in [-0.1, -0.05) is 18.2 Å². The molecule has 2 aromatic rings. The van der Waals surface area contributed by atoms with Gasteiger partial charge in [0.2, 0.25) is 0 Å². The largest absolute Gasteiger partial charge is 0.325 e. The number of hydrogen-bond acceptors (Lipinski definition) is 3. The molecule has 0 atom stereocenters. The molecule has 1 aromatic heterocycles. The van der Waals surface area contributed by atoms with E-state index in [-0.39, 0.29) is 5.82 Å². The lowest BCUT2D eigenvalue weighted by Crippen LogP contribution is -2.03. The molecule has 3 nitrogen and oxygen atoms in total. The van der Waals surface area contributed by atoms with Gasteiger partial charge >= 0.3 is 0 Å². The van der Waals surface area contributed by atoms with E-state index in [9.17, 15) is 4.39 Å². The molecule has 0 bridgehead atoms. The fourth-order valence-electron chi connectivity index (χ4n) is 1.49. The number of aromatic nitrogens is 2. The zero-order valence-corrected chi connectivity index (χ0v) is 8.73. The Kier molecular flexibility index (Phi) is 3.22. The van der Waals surface area contributed by atoms with Crippen molar-refractivity contribution >= 4 is 0 Å². The number of hydrogen-bond donors (Lipinski definition) is 1. The molecule has 82 valence electrons. The molecular weight excluding hydrogens is 205 g/mol. The first-order valence-electron chi connectivity index (χ1n) is 5.03. The summed E-state index contributed by atoms with van der Waals surface area (Å²) in [5, 5.41) is 0. The predicted molar refractivity (Wildman–Crippen MR) is 59.1 cm³/mol. The molecule has 1 heterocycles. The van der Waals surface area contributed by atoms with E-state index in [0.29, 0.717) is 18.5 Å². The fourth-order valence-corrected chi connectivity index (χ4v) is 1.49. The SMILES string of the molecule is NCc1cc(Cc2ccccc2F)ncn1. The van der Waals surface area contributed by atoms with Crippen LogP contribution in [0.2, 0.25) is 0 Å². The molecule has 0 spiro atoms. The fraction of sp³-hybridized carbons (Fsp3) is 0.167. The lowest BCUT2D eigenvalue weighted by molar-refractivity contribution is 0.613. The van der Waals surface area contributed by atoms with Crippen LogP contribution in [-0.4, -0.2) is 9.97 Å². The van der Waals surface area contributed by atoms with Crippen LogP contribution in [0.3, 0.4) is 0 Å². The molecule has 0 unspecified atom stereocenters. The molecule has 4 heteroatoms. The quantitative estimate of drug-likeness (QED) is 0.850. The lowest BCUT2D eigenvalue weighted by Gasteiger charge is -2.03. The van der Waals surface area contributed by atoms with Crippen molar-refractivity contribution in [3.63, 3.8) is 0 Å². The maximum absolute atomic E-state index is 13.4. The molecule has 1 aromatic carbocycles. The van der Waals surface area contributed by atoms with Gasteiger partial charge in [-0.15, -0.1) is 0 Å². The molecule has 0 saturated heterocycles. The summed E-state index contributed by atoms with van der Waals surface area (Å²) < 4.78 is 13.4. The van der Waals surface area contributed by atoms with Crippen LogP contribution < -0.4 is 5.73 Å². The number of nitrogens with zero attached hydrogens (tertiary/aromatic N) is 2. The molecule has 2 rings (SSSR count). The van der Waals surface area contributed by atoms with Crippen molar-refractivity contribution in [2.75, 3.05) is 0 Å². The molecule has 16 heavy (non-hydrogen) atoms. The first kappa shape index (κ1) is 10.7. The highest BCUT2D eigenvalue weighted by molar-refractivity contribution is 5.23. The summed E-state index contributed by atoms with van der Waals surface area (Å²) in [6.45, 7) is 0.368. The van der Waals surface area contributed by atoms with Crippen LogP contribution >= 0.6 is 0 Å². The van der Waals surface area contributed by atoms with E-state index in [1.165, 1.54) is 12.4 Å².